The minimum Gasteiger partial charge on any atom is -0.338 e. The molecular formula is C15H14FN3O2. The van der Waals surface area contributed by atoms with Gasteiger partial charge in [0.1, 0.15) is 5.82 Å². The van der Waals surface area contributed by atoms with E-state index in [2.05, 4.69) is 22.3 Å². The van der Waals surface area contributed by atoms with Crippen LogP contribution < -0.4 is 11.1 Å². The molecule has 108 valence electrons. The SMILES string of the molecule is Cc1noc(NC(=O)c2cc(C#CCN)ccc2F)c1C. The molecule has 1 amide bonds. The summed E-state index contributed by atoms with van der Waals surface area (Å²) in [4.78, 5) is 12.1. The zero-order chi connectivity index (χ0) is 15.4. The standard InChI is InChI=1S/C15H14FN3O2/c1-9-10(2)19-21-15(9)18-14(20)12-8-11(4-3-7-17)5-6-13(12)16/h5-6,8H,7,17H2,1-2H3,(H,18,20). The summed E-state index contributed by atoms with van der Waals surface area (Å²) in [5.41, 5.74) is 7.03. The molecule has 21 heavy (non-hydrogen) atoms. The number of hydrogen-bond donors (Lipinski definition) is 2. The fourth-order valence-corrected chi connectivity index (χ4v) is 1.63. The van der Waals surface area contributed by atoms with E-state index in [1.165, 1.54) is 18.2 Å². The molecule has 0 unspecified atom stereocenters. The molecule has 1 heterocycles. The van der Waals surface area contributed by atoms with Crippen molar-refractivity contribution in [3.05, 3.63) is 46.4 Å². The van der Waals surface area contributed by atoms with Gasteiger partial charge in [-0.3, -0.25) is 10.1 Å². The Hall–Kier alpha value is -2.65. The Morgan fingerprint density at radius 1 is 1.48 bits per heavy atom. The molecule has 5 nitrogen and oxygen atoms in total. The highest BCUT2D eigenvalue weighted by atomic mass is 19.1. The fraction of sp³-hybridized carbons (Fsp3) is 0.200. The summed E-state index contributed by atoms with van der Waals surface area (Å²) in [6.45, 7) is 3.69. The second kappa shape index (κ2) is 6.20. The van der Waals surface area contributed by atoms with Crippen molar-refractivity contribution in [2.45, 2.75) is 13.8 Å². The van der Waals surface area contributed by atoms with Crippen molar-refractivity contribution in [1.29, 1.82) is 0 Å². The maximum absolute atomic E-state index is 13.8. The molecule has 0 aliphatic heterocycles. The van der Waals surface area contributed by atoms with Crippen LogP contribution in [0.25, 0.3) is 0 Å². The number of nitrogens with one attached hydrogen (secondary N) is 1. The van der Waals surface area contributed by atoms with Gasteiger partial charge in [0.15, 0.2) is 0 Å². The van der Waals surface area contributed by atoms with E-state index in [9.17, 15) is 9.18 Å². The van der Waals surface area contributed by atoms with Crippen LogP contribution >= 0.6 is 0 Å². The van der Waals surface area contributed by atoms with Crippen LogP contribution in [0, 0.1) is 31.5 Å². The lowest BCUT2D eigenvalue weighted by Gasteiger charge is -2.04. The molecule has 6 heteroatoms. The molecule has 0 atom stereocenters. The number of aryl methyl sites for hydroxylation is 1. The molecule has 0 aliphatic rings. The molecule has 0 aliphatic carbocycles. The minimum atomic E-state index is -0.639. The minimum absolute atomic E-state index is 0.118. The van der Waals surface area contributed by atoms with Crippen LogP contribution in [0.15, 0.2) is 22.7 Å². The number of rotatable bonds is 2. The number of carbonyl (C=O) groups excluding carboxylic acids is 1. The van der Waals surface area contributed by atoms with E-state index in [4.69, 9.17) is 10.3 Å². The van der Waals surface area contributed by atoms with E-state index in [-0.39, 0.29) is 18.0 Å². The summed E-state index contributed by atoms with van der Waals surface area (Å²) < 4.78 is 18.7. The van der Waals surface area contributed by atoms with E-state index in [0.29, 0.717) is 16.8 Å². The summed E-state index contributed by atoms with van der Waals surface area (Å²) in [6.07, 6.45) is 0. The van der Waals surface area contributed by atoms with Gasteiger partial charge in [0.25, 0.3) is 5.91 Å². The number of amides is 1. The Morgan fingerprint density at radius 3 is 2.86 bits per heavy atom. The molecule has 0 fully saturated rings. The smallest absolute Gasteiger partial charge is 0.261 e. The predicted molar refractivity (Wildman–Crippen MR) is 76.3 cm³/mol. The molecule has 0 bridgehead atoms. The van der Waals surface area contributed by atoms with Crippen molar-refractivity contribution in [1.82, 2.24) is 5.16 Å². The van der Waals surface area contributed by atoms with E-state index in [1.807, 2.05) is 0 Å². The monoisotopic (exact) mass is 287 g/mol. The summed E-state index contributed by atoms with van der Waals surface area (Å²) in [7, 11) is 0. The molecule has 3 N–H and O–H groups in total. The number of anilines is 1. The second-order valence-electron chi connectivity index (χ2n) is 4.38. The average molecular weight is 287 g/mol. The van der Waals surface area contributed by atoms with Gasteiger partial charge in [-0.2, -0.15) is 0 Å². The first-order chi connectivity index (χ1) is 10.0. The van der Waals surface area contributed by atoms with Crippen molar-refractivity contribution in [2.24, 2.45) is 5.73 Å². The number of aromatic nitrogens is 1. The summed E-state index contributed by atoms with van der Waals surface area (Å²) in [6, 6.07) is 4.04. The van der Waals surface area contributed by atoms with Crippen molar-refractivity contribution < 1.29 is 13.7 Å². The summed E-state index contributed by atoms with van der Waals surface area (Å²) in [5.74, 6) is 4.34. The quantitative estimate of drug-likeness (QED) is 0.828. The molecule has 0 saturated carbocycles. The Balaban J connectivity index is 2.28. The highest BCUT2D eigenvalue weighted by Crippen LogP contribution is 2.19. The van der Waals surface area contributed by atoms with Gasteiger partial charge in [0, 0.05) is 11.1 Å². The lowest BCUT2D eigenvalue weighted by Crippen LogP contribution is -2.14. The Kier molecular flexibility index (Phi) is 4.36. The molecule has 1 aromatic carbocycles. The maximum atomic E-state index is 13.8. The molecule has 0 spiro atoms. The van der Waals surface area contributed by atoms with Crippen LogP contribution in [0.1, 0.15) is 27.2 Å². The highest BCUT2D eigenvalue weighted by molar-refractivity contribution is 6.04. The molecule has 0 radical (unpaired) electrons. The molecule has 2 aromatic rings. The largest absolute Gasteiger partial charge is 0.338 e. The van der Waals surface area contributed by atoms with Crippen molar-refractivity contribution in [3.63, 3.8) is 0 Å². The number of nitrogens with zero attached hydrogens (tertiary/aromatic N) is 1. The molecule has 1 aromatic heterocycles. The normalized spacial score (nSPS) is 9.90. The predicted octanol–water partition coefficient (Wildman–Crippen LogP) is 1.99. The zero-order valence-corrected chi connectivity index (χ0v) is 11.7. The highest BCUT2D eigenvalue weighted by Gasteiger charge is 2.16. The molecular weight excluding hydrogens is 273 g/mol. The Morgan fingerprint density at radius 2 is 2.24 bits per heavy atom. The third kappa shape index (κ3) is 3.27. The topological polar surface area (TPSA) is 81.2 Å². The lowest BCUT2D eigenvalue weighted by molar-refractivity contribution is 0.102. The van der Waals surface area contributed by atoms with E-state index >= 15 is 0 Å². The third-order valence-electron chi connectivity index (χ3n) is 2.93. The summed E-state index contributed by atoms with van der Waals surface area (Å²) in [5, 5.41) is 6.21. The summed E-state index contributed by atoms with van der Waals surface area (Å²) >= 11 is 0. The van der Waals surface area contributed by atoms with Crippen LogP contribution in [0.2, 0.25) is 0 Å². The fourth-order valence-electron chi connectivity index (χ4n) is 1.63. The average Bonchev–Trinajstić information content (AvgIpc) is 2.78. The zero-order valence-electron chi connectivity index (χ0n) is 11.7. The van der Waals surface area contributed by atoms with Gasteiger partial charge in [-0.1, -0.05) is 17.0 Å². The van der Waals surface area contributed by atoms with E-state index < -0.39 is 11.7 Å². The maximum Gasteiger partial charge on any atom is 0.261 e. The first kappa shape index (κ1) is 14.8. The van der Waals surface area contributed by atoms with Crippen molar-refractivity contribution in [2.75, 3.05) is 11.9 Å². The van der Waals surface area contributed by atoms with Crippen LogP contribution in [-0.2, 0) is 0 Å². The van der Waals surface area contributed by atoms with Crippen LogP contribution in [0.3, 0.4) is 0 Å². The Bertz CT molecular complexity index is 741. The van der Waals surface area contributed by atoms with Crippen LogP contribution in [-0.4, -0.2) is 17.6 Å². The van der Waals surface area contributed by atoms with Gasteiger partial charge >= 0.3 is 0 Å². The van der Waals surface area contributed by atoms with Crippen LogP contribution in [0.4, 0.5) is 10.3 Å². The second-order valence-corrected chi connectivity index (χ2v) is 4.38. The van der Waals surface area contributed by atoms with Crippen molar-refractivity contribution >= 4 is 11.8 Å². The van der Waals surface area contributed by atoms with E-state index in [1.54, 1.807) is 13.8 Å². The number of carbonyl (C=O) groups is 1. The lowest BCUT2D eigenvalue weighted by atomic mass is 10.1. The first-order valence-corrected chi connectivity index (χ1v) is 6.25. The number of nitrogens with two attached hydrogens (primary N) is 1. The van der Waals surface area contributed by atoms with Gasteiger partial charge in [-0.15, -0.1) is 0 Å². The number of hydrogen-bond acceptors (Lipinski definition) is 4. The van der Waals surface area contributed by atoms with E-state index in [0.717, 1.165) is 0 Å². The van der Waals surface area contributed by atoms with Gasteiger partial charge < -0.3 is 10.3 Å². The molecule has 0 saturated heterocycles. The molecule has 2 rings (SSSR count). The van der Waals surface area contributed by atoms with Crippen LogP contribution in [0.5, 0.6) is 0 Å². The first-order valence-electron chi connectivity index (χ1n) is 6.25. The number of benzene rings is 1. The van der Waals surface area contributed by atoms with Gasteiger partial charge in [-0.25, -0.2) is 4.39 Å². The van der Waals surface area contributed by atoms with Gasteiger partial charge in [-0.05, 0) is 32.0 Å². The van der Waals surface area contributed by atoms with Gasteiger partial charge in [0.05, 0.1) is 17.8 Å². The third-order valence-corrected chi connectivity index (χ3v) is 2.93. The Labute approximate surface area is 121 Å². The van der Waals surface area contributed by atoms with Crippen molar-refractivity contribution in [3.8, 4) is 11.8 Å². The van der Waals surface area contributed by atoms with Gasteiger partial charge in [0.2, 0.25) is 5.88 Å². The number of halogens is 1.